The van der Waals surface area contributed by atoms with Gasteiger partial charge < -0.3 is 4.79 Å². The molecule has 2 rings (SSSR count). The molecule has 1 aliphatic carbocycles. The van der Waals surface area contributed by atoms with Gasteiger partial charge in [-0.05, 0) is 86.1 Å². The number of carbonyl (C=O) groups is 1. The van der Waals surface area contributed by atoms with Crippen molar-refractivity contribution in [1.29, 1.82) is 0 Å². The third kappa shape index (κ3) is 10.0. The van der Waals surface area contributed by atoms with Crippen LogP contribution in [0.1, 0.15) is 101 Å². The highest BCUT2D eigenvalue weighted by molar-refractivity contribution is 5.49. The molecule has 1 saturated carbocycles. The van der Waals surface area contributed by atoms with Crippen molar-refractivity contribution in [3.05, 3.63) is 76.6 Å². The molecule has 0 heterocycles. The summed E-state index contributed by atoms with van der Waals surface area (Å²) >= 11 is 0. The number of allylic oxidation sites excluding steroid dienone is 4. The molecule has 1 nitrogen and oxygen atoms in total. The van der Waals surface area contributed by atoms with Gasteiger partial charge in [0.1, 0.15) is 6.29 Å². The summed E-state index contributed by atoms with van der Waals surface area (Å²) in [5.41, 5.74) is 10.3. The van der Waals surface area contributed by atoms with E-state index in [0.29, 0.717) is 6.42 Å². The van der Waals surface area contributed by atoms with E-state index >= 15 is 0 Å². The first kappa shape index (κ1) is 26.1. The quantitative estimate of drug-likeness (QED) is 0.124. The van der Waals surface area contributed by atoms with Crippen molar-refractivity contribution in [2.75, 3.05) is 0 Å². The normalized spacial score (nSPS) is 14.3. The minimum atomic E-state index is 0.673. The fourth-order valence-corrected chi connectivity index (χ4v) is 4.85. The van der Waals surface area contributed by atoms with Crippen molar-refractivity contribution in [1.82, 2.24) is 0 Å². The summed E-state index contributed by atoms with van der Waals surface area (Å²) < 4.78 is 0. The van der Waals surface area contributed by atoms with E-state index in [1.54, 1.807) is 0 Å². The van der Waals surface area contributed by atoms with Crippen LogP contribution < -0.4 is 0 Å². The molecule has 1 aromatic rings. The fraction of sp³-hybridized carbons (Fsp3) is 0.548. The Bertz CT molecular complexity index is 798. The Balaban J connectivity index is 1.90. The Hall–Kier alpha value is -2.11. The minimum absolute atomic E-state index is 0.673. The average molecular weight is 433 g/mol. The van der Waals surface area contributed by atoms with Gasteiger partial charge in [0, 0.05) is 6.42 Å². The Morgan fingerprint density at radius 1 is 1.12 bits per heavy atom. The first-order valence-electron chi connectivity index (χ1n) is 12.9. The maximum absolute atomic E-state index is 10.6. The van der Waals surface area contributed by atoms with Crippen LogP contribution in [0.5, 0.6) is 0 Å². The predicted molar refractivity (Wildman–Crippen MR) is 139 cm³/mol. The highest BCUT2D eigenvalue weighted by Crippen LogP contribution is 2.28. The van der Waals surface area contributed by atoms with Crippen molar-refractivity contribution in [2.24, 2.45) is 5.92 Å². The lowest BCUT2D eigenvalue weighted by Gasteiger charge is -2.21. The van der Waals surface area contributed by atoms with E-state index in [2.05, 4.69) is 62.6 Å². The molecule has 0 N–H and O–H groups in total. The van der Waals surface area contributed by atoms with Gasteiger partial charge in [-0.2, -0.15) is 0 Å². The number of rotatable bonds is 14. The summed E-state index contributed by atoms with van der Waals surface area (Å²) in [4.78, 5) is 10.6. The summed E-state index contributed by atoms with van der Waals surface area (Å²) in [6.07, 6.45) is 23.9. The molecule has 0 spiro atoms. The summed E-state index contributed by atoms with van der Waals surface area (Å²) in [6.45, 7) is 8.75. The SMILES string of the molecule is C=C(/C=C\C=C=C(C)CCC1CCCCC1)Cc1cccc(CCCCC=O)c1CCC. The molecule has 0 aromatic heterocycles. The third-order valence-corrected chi connectivity index (χ3v) is 6.72. The van der Waals surface area contributed by atoms with E-state index in [1.165, 1.54) is 67.2 Å². The third-order valence-electron chi connectivity index (χ3n) is 6.72. The van der Waals surface area contributed by atoms with Gasteiger partial charge in [-0.15, -0.1) is 5.73 Å². The highest BCUT2D eigenvalue weighted by atomic mass is 16.1. The van der Waals surface area contributed by atoms with Gasteiger partial charge in [-0.1, -0.05) is 88.0 Å². The van der Waals surface area contributed by atoms with Gasteiger partial charge >= 0.3 is 0 Å². The van der Waals surface area contributed by atoms with Crippen LogP contribution in [0.4, 0.5) is 0 Å². The zero-order chi connectivity index (χ0) is 23.0. The van der Waals surface area contributed by atoms with E-state index in [4.69, 9.17) is 0 Å². The smallest absolute Gasteiger partial charge is 0.119 e. The maximum Gasteiger partial charge on any atom is 0.119 e. The fourth-order valence-electron chi connectivity index (χ4n) is 4.85. The summed E-state index contributed by atoms with van der Waals surface area (Å²) in [5.74, 6) is 0.939. The van der Waals surface area contributed by atoms with Gasteiger partial charge in [-0.3, -0.25) is 0 Å². The molecule has 1 aliphatic rings. The zero-order valence-electron chi connectivity index (χ0n) is 20.6. The molecule has 0 amide bonds. The molecule has 174 valence electrons. The Labute approximate surface area is 197 Å². The number of aryl methyl sites for hydroxylation is 1. The van der Waals surface area contributed by atoms with Crippen molar-refractivity contribution in [2.45, 2.75) is 104 Å². The van der Waals surface area contributed by atoms with Crippen LogP contribution in [0, 0.1) is 5.92 Å². The highest BCUT2D eigenvalue weighted by Gasteiger charge is 2.12. The van der Waals surface area contributed by atoms with Crippen molar-refractivity contribution in [3.8, 4) is 0 Å². The van der Waals surface area contributed by atoms with E-state index in [1.807, 2.05) is 0 Å². The van der Waals surface area contributed by atoms with Gasteiger partial charge in [0.2, 0.25) is 0 Å². The van der Waals surface area contributed by atoms with Gasteiger partial charge in [0.05, 0.1) is 0 Å². The van der Waals surface area contributed by atoms with Crippen LogP contribution in [-0.2, 0) is 24.1 Å². The molecule has 1 heteroatoms. The number of carbonyl (C=O) groups excluding carboxylic acids is 1. The Kier molecular flexibility index (Phi) is 12.8. The monoisotopic (exact) mass is 432 g/mol. The van der Waals surface area contributed by atoms with Crippen LogP contribution in [0.3, 0.4) is 0 Å². The number of aldehydes is 1. The molecule has 1 fully saturated rings. The van der Waals surface area contributed by atoms with Gasteiger partial charge in [-0.25, -0.2) is 0 Å². The summed E-state index contributed by atoms with van der Waals surface area (Å²) in [7, 11) is 0. The molecule has 0 saturated heterocycles. The van der Waals surface area contributed by atoms with Crippen molar-refractivity contribution < 1.29 is 4.79 Å². The number of benzene rings is 1. The van der Waals surface area contributed by atoms with Crippen molar-refractivity contribution in [3.63, 3.8) is 0 Å². The minimum Gasteiger partial charge on any atom is -0.303 e. The van der Waals surface area contributed by atoms with Crippen LogP contribution in [-0.4, -0.2) is 6.29 Å². The number of hydrogen-bond donors (Lipinski definition) is 0. The Morgan fingerprint density at radius 2 is 1.91 bits per heavy atom. The van der Waals surface area contributed by atoms with E-state index in [0.717, 1.165) is 56.3 Å². The van der Waals surface area contributed by atoms with Crippen LogP contribution in [0.25, 0.3) is 0 Å². The standard InChI is InChI=1S/C31H44O/c1-4-14-31-29(19-9-6-12-24-32)20-13-21-30(31)25-27(3)16-11-10-15-26(2)22-23-28-17-7-5-8-18-28/h10-11,13,16,20-21,24,28H,3-9,12,14,17-19,22-23,25H2,1-2H3/b16-11-. The molecular formula is C31H44O. The lowest BCUT2D eigenvalue weighted by atomic mass is 9.85. The number of unbranched alkanes of at least 4 members (excludes halogenated alkanes) is 2. The summed E-state index contributed by atoms with van der Waals surface area (Å²) in [6, 6.07) is 6.70. The second kappa shape index (κ2) is 15.7. The second-order valence-electron chi connectivity index (χ2n) is 9.55. The van der Waals surface area contributed by atoms with E-state index < -0.39 is 0 Å². The average Bonchev–Trinajstić information content (AvgIpc) is 2.81. The van der Waals surface area contributed by atoms with Crippen LogP contribution in [0.15, 0.2) is 59.9 Å². The molecular weight excluding hydrogens is 388 g/mol. The van der Waals surface area contributed by atoms with E-state index in [-0.39, 0.29) is 0 Å². The maximum atomic E-state index is 10.6. The lowest BCUT2D eigenvalue weighted by Crippen LogP contribution is -2.05. The molecule has 0 bridgehead atoms. The molecule has 32 heavy (non-hydrogen) atoms. The molecule has 0 atom stereocenters. The van der Waals surface area contributed by atoms with Gasteiger partial charge in [0.15, 0.2) is 0 Å². The first-order valence-corrected chi connectivity index (χ1v) is 12.9. The van der Waals surface area contributed by atoms with E-state index in [9.17, 15) is 4.79 Å². The largest absolute Gasteiger partial charge is 0.303 e. The molecule has 0 radical (unpaired) electrons. The molecule has 1 aromatic carbocycles. The summed E-state index contributed by atoms with van der Waals surface area (Å²) in [5, 5.41) is 0. The van der Waals surface area contributed by atoms with Crippen LogP contribution in [0.2, 0.25) is 0 Å². The molecule has 0 unspecified atom stereocenters. The zero-order valence-corrected chi connectivity index (χ0v) is 20.6. The van der Waals surface area contributed by atoms with Crippen LogP contribution >= 0.6 is 0 Å². The topological polar surface area (TPSA) is 17.1 Å². The molecule has 0 aliphatic heterocycles. The predicted octanol–water partition coefficient (Wildman–Crippen LogP) is 8.67. The number of hydrogen-bond acceptors (Lipinski definition) is 1. The van der Waals surface area contributed by atoms with Crippen molar-refractivity contribution >= 4 is 6.29 Å². The van der Waals surface area contributed by atoms with Gasteiger partial charge in [0.25, 0.3) is 0 Å². The lowest BCUT2D eigenvalue weighted by molar-refractivity contribution is -0.107. The Morgan fingerprint density at radius 3 is 2.66 bits per heavy atom. The first-order chi connectivity index (χ1) is 15.6. The second-order valence-corrected chi connectivity index (χ2v) is 9.55.